The first-order chi connectivity index (χ1) is 23.8. The molecule has 224 valence electrons. The van der Waals surface area contributed by atoms with E-state index in [1.165, 1.54) is 43.7 Å². The minimum Gasteiger partial charge on any atom is -0.456 e. The second-order valence-electron chi connectivity index (χ2n) is 12.4. The Labute approximate surface area is 278 Å². The van der Waals surface area contributed by atoms with Crippen LogP contribution in [0.5, 0.6) is 0 Å². The van der Waals surface area contributed by atoms with Crippen molar-refractivity contribution in [3.8, 4) is 21.9 Å². The van der Waals surface area contributed by atoms with E-state index >= 15 is 0 Å². The highest BCUT2D eigenvalue weighted by atomic mass is 32.1. The van der Waals surface area contributed by atoms with Gasteiger partial charge in [0.2, 0.25) is 0 Å². The summed E-state index contributed by atoms with van der Waals surface area (Å²) in [4.78, 5) is 5.24. The number of thiazole rings is 1. The number of furan rings is 1. The first kappa shape index (κ1) is 26.0. The molecule has 11 rings (SSSR count). The molecule has 0 N–H and O–H groups in total. The molecule has 0 saturated heterocycles. The van der Waals surface area contributed by atoms with Gasteiger partial charge in [0, 0.05) is 38.0 Å². The molecule has 0 aliphatic heterocycles. The molecule has 0 aliphatic carbocycles. The van der Waals surface area contributed by atoms with E-state index in [0.29, 0.717) is 0 Å². The van der Waals surface area contributed by atoms with Crippen molar-refractivity contribution in [3.63, 3.8) is 0 Å². The molecule has 48 heavy (non-hydrogen) atoms. The van der Waals surface area contributed by atoms with Crippen molar-refractivity contribution in [3.05, 3.63) is 152 Å². The molecule has 0 amide bonds. The Morgan fingerprint density at radius 2 is 1.04 bits per heavy atom. The predicted molar refractivity (Wildman–Crippen MR) is 201 cm³/mol. The van der Waals surface area contributed by atoms with Crippen molar-refractivity contribution >= 4 is 87.1 Å². The lowest BCUT2D eigenvalue weighted by atomic mass is 10.0. The predicted octanol–water partition coefficient (Wildman–Crippen LogP) is 12.1. The fourth-order valence-corrected chi connectivity index (χ4v) is 8.79. The molecule has 4 nitrogen and oxygen atoms in total. The molecule has 0 unspecified atom stereocenters. The van der Waals surface area contributed by atoms with Crippen LogP contribution in [0.3, 0.4) is 0 Å². The lowest BCUT2D eigenvalue weighted by molar-refractivity contribution is 0.669. The van der Waals surface area contributed by atoms with Crippen LogP contribution >= 0.6 is 11.3 Å². The Bertz CT molecular complexity index is 3070. The first-order valence-electron chi connectivity index (χ1n) is 16.1. The minimum atomic E-state index is 0.895. The number of nitrogens with zero attached hydrogens (tertiary/aromatic N) is 3. The summed E-state index contributed by atoms with van der Waals surface area (Å²) < 4.78 is 12.1. The van der Waals surface area contributed by atoms with Crippen molar-refractivity contribution in [2.75, 3.05) is 0 Å². The topological polar surface area (TPSA) is 35.9 Å². The van der Waals surface area contributed by atoms with Crippen molar-refractivity contribution < 1.29 is 4.42 Å². The van der Waals surface area contributed by atoms with Crippen LogP contribution in [0.25, 0.3) is 97.7 Å². The molecule has 11 aromatic rings. The lowest BCUT2D eigenvalue weighted by Gasteiger charge is -2.09. The molecule has 0 radical (unpaired) electrons. The summed E-state index contributed by atoms with van der Waals surface area (Å²) in [6.07, 6.45) is 0. The van der Waals surface area contributed by atoms with Crippen LogP contribution in [0.2, 0.25) is 0 Å². The third kappa shape index (κ3) is 3.56. The summed E-state index contributed by atoms with van der Waals surface area (Å²) >= 11 is 1.73. The number of benzene rings is 7. The monoisotopic (exact) mass is 631 g/mol. The molecule has 0 fully saturated rings. The first-order valence-corrected chi connectivity index (χ1v) is 17.0. The van der Waals surface area contributed by atoms with Crippen molar-refractivity contribution in [2.24, 2.45) is 0 Å². The molecule has 7 aromatic carbocycles. The highest BCUT2D eigenvalue weighted by molar-refractivity contribution is 7.22. The second kappa shape index (κ2) is 9.67. The number of hydrogen-bond donors (Lipinski definition) is 0. The zero-order chi connectivity index (χ0) is 31.3. The van der Waals surface area contributed by atoms with Crippen LogP contribution < -0.4 is 0 Å². The number of rotatable bonds is 3. The Morgan fingerprint density at radius 1 is 0.458 bits per heavy atom. The van der Waals surface area contributed by atoms with Gasteiger partial charge >= 0.3 is 0 Å². The highest BCUT2D eigenvalue weighted by Crippen LogP contribution is 2.42. The SMILES string of the molecule is c1ccc(-n2c3ccccc3c3ccc(-c4ccc5c6ccccc6n(-c6nc7ccc8oc9ccccc9c8c7s6)c5c4)cc32)cc1. The maximum atomic E-state index is 6.22. The van der Waals surface area contributed by atoms with Gasteiger partial charge in [-0.15, -0.1) is 0 Å². The van der Waals surface area contributed by atoms with Crippen LogP contribution in [-0.2, 0) is 0 Å². The molecule has 4 heterocycles. The quantitative estimate of drug-likeness (QED) is 0.194. The standard InChI is InChI=1S/C43H25N3OS/c1-2-10-28(11-3-1)45-35-15-7-4-12-29(35)31-20-18-26(24-37(31)45)27-19-21-32-30-13-5-8-16-36(30)46(38(32)25-27)43-44-34-22-23-40-41(42(34)48-43)33-14-6-9-17-39(33)47-40/h1-25H. The fraction of sp³-hybridized carbons (Fsp3) is 0. The third-order valence-electron chi connectivity index (χ3n) is 9.77. The molecular formula is C43H25N3OS. The molecular weight excluding hydrogens is 607 g/mol. The summed E-state index contributed by atoms with van der Waals surface area (Å²) in [7, 11) is 0. The molecule has 0 spiro atoms. The van der Waals surface area contributed by atoms with Crippen LogP contribution in [0.4, 0.5) is 0 Å². The number of aromatic nitrogens is 3. The van der Waals surface area contributed by atoms with Gasteiger partial charge < -0.3 is 8.98 Å². The number of fused-ring (bicyclic) bond motifs is 11. The Hall–Kier alpha value is -6.17. The van der Waals surface area contributed by atoms with E-state index in [1.807, 2.05) is 12.1 Å². The van der Waals surface area contributed by atoms with Gasteiger partial charge in [-0.1, -0.05) is 108 Å². The van der Waals surface area contributed by atoms with E-state index in [4.69, 9.17) is 9.40 Å². The largest absolute Gasteiger partial charge is 0.456 e. The van der Waals surface area contributed by atoms with Gasteiger partial charge in [0.1, 0.15) is 11.2 Å². The zero-order valence-electron chi connectivity index (χ0n) is 25.6. The van der Waals surface area contributed by atoms with Gasteiger partial charge in [-0.25, -0.2) is 4.98 Å². The third-order valence-corrected chi connectivity index (χ3v) is 10.8. The molecule has 5 heteroatoms. The summed E-state index contributed by atoms with van der Waals surface area (Å²) in [6, 6.07) is 54.1. The van der Waals surface area contributed by atoms with Gasteiger partial charge in [-0.3, -0.25) is 4.57 Å². The molecule has 0 saturated carbocycles. The number of hydrogen-bond acceptors (Lipinski definition) is 3. The van der Waals surface area contributed by atoms with Gasteiger partial charge in [-0.2, -0.15) is 0 Å². The normalized spacial score (nSPS) is 12.2. The summed E-state index contributed by atoms with van der Waals surface area (Å²) in [6.45, 7) is 0. The zero-order valence-corrected chi connectivity index (χ0v) is 26.4. The van der Waals surface area contributed by atoms with Gasteiger partial charge in [0.25, 0.3) is 0 Å². The van der Waals surface area contributed by atoms with Crippen molar-refractivity contribution in [1.29, 1.82) is 0 Å². The Kier molecular flexibility index (Phi) is 5.23. The van der Waals surface area contributed by atoms with Crippen LogP contribution in [0, 0.1) is 0 Å². The van der Waals surface area contributed by atoms with E-state index in [1.54, 1.807) is 11.3 Å². The maximum Gasteiger partial charge on any atom is 0.195 e. The second-order valence-corrected chi connectivity index (χ2v) is 13.4. The van der Waals surface area contributed by atoms with E-state index in [0.717, 1.165) is 54.0 Å². The van der Waals surface area contributed by atoms with Crippen molar-refractivity contribution in [1.82, 2.24) is 14.1 Å². The van der Waals surface area contributed by atoms with Crippen LogP contribution in [0.1, 0.15) is 0 Å². The van der Waals surface area contributed by atoms with Gasteiger partial charge in [0.15, 0.2) is 5.13 Å². The summed E-state index contributed by atoms with van der Waals surface area (Å²) in [5.74, 6) is 0. The molecule has 0 atom stereocenters. The molecule has 0 bridgehead atoms. The molecule has 4 aromatic heterocycles. The van der Waals surface area contributed by atoms with Crippen LogP contribution in [0.15, 0.2) is 156 Å². The van der Waals surface area contributed by atoms with E-state index < -0.39 is 0 Å². The highest BCUT2D eigenvalue weighted by Gasteiger charge is 2.20. The van der Waals surface area contributed by atoms with Crippen LogP contribution in [-0.4, -0.2) is 14.1 Å². The lowest BCUT2D eigenvalue weighted by Crippen LogP contribution is -1.94. The summed E-state index contributed by atoms with van der Waals surface area (Å²) in [5, 5.41) is 8.15. The van der Waals surface area contributed by atoms with E-state index in [2.05, 4.69) is 149 Å². The van der Waals surface area contributed by atoms with E-state index in [9.17, 15) is 0 Å². The number of para-hydroxylation sites is 4. The van der Waals surface area contributed by atoms with E-state index in [-0.39, 0.29) is 0 Å². The maximum absolute atomic E-state index is 6.22. The Morgan fingerprint density at radius 3 is 1.77 bits per heavy atom. The fourth-order valence-electron chi connectivity index (χ4n) is 7.64. The summed E-state index contributed by atoms with van der Waals surface area (Å²) in [5.41, 5.74) is 11.0. The smallest absolute Gasteiger partial charge is 0.195 e. The minimum absolute atomic E-state index is 0.895. The molecule has 0 aliphatic rings. The average Bonchev–Trinajstić information content (AvgIpc) is 3.90. The van der Waals surface area contributed by atoms with Crippen molar-refractivity contribution in [2.45, 2.75) is 0 Å². The van der Waals surface area contributed by atoms with Gasteiger partial charge in [0.05, 0.1) is 32.3 Å². The average molecular weight is 632 g/mol. The Balaban J connectivity index is 1.16. The van der Waals surface area contributed by atoms with Gasteiger partial charge in [-0.05, 0) is 65.7 Å².